The molecule has 1 N–H and O–H groups in total. The monoisotopic (exact) mass is 481 g/mol. The number of ketones is 1. The van der Waals surface area contributed by atoms with Crippen LogP contribution in [0.5, 0.6) is 0 Å². The van der Waals surface area contributed by atoms with Gasteiger partial charge in [-0.15, -0.1) is 11.3 Å². The third-order valence-corrected chi connectivity index (χ3v) is 5.36. The van der Waals surface area contributed by atoms with Crippen molar-refractivity contribution in [3.8, 4) is 0 Å². The van der Waals surface area contributed by atoms with E-state index in [9.17, 15) is 18.8 Å². The van der Waals surface area contributed by atoms with Crippen LogP contribution in [0.1, 0.15) is 40.9 Å². The Morgan fingerprint density at radius 1 is 1.21 bits per heavy atom. The number of amides is 1. The molecule has 0 aliphatic carbocycles. The van der Waals surface area contributed by atoms with E-state index in [1.165, 1.54) is 29.5 Å². The van der Waals surface area contributed by atoms with E-state index < -0.39 is 23.8 Å². The van der Waals surface area contributed by atoms with E-state index in [1.54, 1.807) is 18.2 Å². The van der Waals surface area contributed by atoms with Crippen LogP contribution in [0.25, 0.3) is 6.08 Å². The number of benzene rings is 1. The minimum atomic E-state index is -0.744. The predicted molar refractivity (Wildman–Crippen MR) is 114 cm³/mol. The lowest BCUT2D eigenvalue weighted by Gasteiger charge is -2.17. The van der Waals surface area contributed by atoms with Gasteiger partial charge in [0.2, 0.25) is 11.7 Å². The maximum absolute atomic E-state index is 13.6. The fourth-order valence-electron chi connectivity index (χ4n) is 2.11. The number of hydrogen-bond donors (Lipinski definition) is 1. The van der Waals surface area contributed by atoms with Gasteiger partial charge >= 0.3 is 5.97 Å². The van der Waals surface area contributed by atoms with Crippen molar-refractivity contribution in [1.82, 2.24) is 5.32 Å². The zero-order valence-electron chi connectivity index (χ0n) is 16.3. The Morgan fingerprint density at radius 2 is 1.93 bits per heavy atom. The number of halogens is 2. The van der Waals surface area contributed by atoms with Crippen molar-refractivity contribution in [2.75, 3.05) is 6.61 Å². The smallest absolute Gasteiger partial charge is 0.331 e. The molecule has 154 valence electrons. The second-order valence-corrected chi connectivity index (χ2v) is 9.31. The van der Waals surface area contributed by atoms with Crippen molar-refractivity contribution in [1.29, 1.82) is 0 Å². The summed E-state index contributed by atoms with van der Waals surface area (Å²) in [5, 5.41) is 2.81. The molecule has 1 aromatic heterocycles. The number of carbonyl (C=O) groups is 3. The average Bonchev–Trinajstić information content (AvgIpc) is 3.13. The first kappa shape index (κ1) is 23.0. The number of nitrogens with one attached hydrogen (secondary N) is 1. The molecule has 29 heavy (non-hydrogen) atoms. The molecular weight excluding hydrogens is 461 g/mol. The maximum Gasteiger partial charge on any atom is 0.331 e. The molecule has 1 amide bonds. The van der Waals surface area contributed by atoms with Crippen LogP contribution in [-0.4, -0.2) is 24.3 Å². The Labute approximate surface area is 181 Å². The van der Waals surface area contributed by atoms with Crippen molar-refractivity contribution in [3.63, 3.8) is 0 Å². The van der Waals surface area contributed by atoms with Crippen molar-refractivity contribution in [2.24, 2.45) is 5.41 Å². The Hall–Kier alpha value is -2.32. The number of esters is 1. The van der Waals surface area contributed by atoms with Crippen LogP contribution in [0, 0.1) is 11.2 Å². The molecule has 0 spiro atoms. The second kappa shape index (κ2) is 9.93. The fourth-order valence-corrected chi connectivity index (χ4v) is 3.36. The topological polar surface area (TPSA) is 72.5 Å². The molecule has 8 heteroatoms. The third-order valence-electron chi connectivity index (χ3n) is 3.74. The van der Waals surface area contributed by atoms with E-state index in [4.69, 9.17) is 4.74 Å². The first-order valence-corrected chi connectivity index (χ1v) is 10.4. The first-order valence-electron chi connectivity index (χ1n) is 8.76. The molecule has 0 fully saturated rings. The maximum atomic E-state index is 13.6. The molecule has 0 unspecified atom stereocenters. The standard InChI is InChI=1S/C21H21BrFNO4S/c1-21(2,3)20(27)24-11-15-6-8-18(29-15)17(25)12-28-19(26)9-4-13-10-14(22)5-7-16(13)23/h4-10H,11-12H2,1-3H3,(H,24,27)/b9-4+. The number of Topliss-reactive ketones (excluding diaryl/α,β-unsaturated/α-hetero) is 1. The lowest BCUT2D eigenvalue weighted by molar-refractivity contribution is -0.136. The summed E-state index contributed by atoms with van der Waals surface area (Å²) < 4.78 is 19.2. The Balaban J connectivity index is 1.85. The van der Waals surface area contributed by atoms with Gasteiger partial charge in [-0.05, 0) is 36.4 Å². The van der Waals surface area contributed by atoms with Crippen LogP contribution in [-0.2, 0) is 20.9 Å². The quantitative estimate of drug-likeness (QED) is 0.351. The molecule has 1 heterocycles. The highest BCUT2D eigenvalue weighted by Crippen LogP contribution is 2.19. The highest BCUT2D eigenvalue weighted by Gasteiger charge is 2.21. The van der Waals surface area contributed by atoms with Crippen molar-refractivity contribution < 1.29 is 23.5 Å². The van der Waals surface area contributed by atoms with Gasteiger partial charge in [0.25, 0.3) is 0 Å². The molecule has 1 aromatic carbocycles. The van der Waals surface area contributed by atoms with Gasteiger partial charge in [0, 0.05) is 26.4 Å². The molecule has 2 rings (SSSR count). The molecule has 0 aliphatic heterocycles. The third kappa shape index (κ3) is 7.21. The van der Waals surface area contributed by atoms with Crippen molar-refractivity contribution in [2.45, 2.75) is 27.3 Å². The Kier molecular flexibility index (Phi) is 7.87. The normalized spacial score (nSPS) is 11.5. The minimum absolute atomic E-state index is 0.0821. The molecule has 0 saturated heterocycles. The molecule has 0 saturated carbocycles. The zero-order chi connectivity index (χ0) is 21.6. The second-order valence-electron chi connectivity index (χ2n) is 7.23. The van der Waals surface area contributed by atoms with Crippen LogP contribution in [0.2, 0.25) is 0 Å². The van der Waals surface area contributed by atoms with Gasteiger partial charge in [-0.3, -0.25) is 9.59 Å². The van der Waals surface area contributed by atoms with Crippen LogP contribution in [0.15, 0.2) is 40.9 Å². The number of ether oxygens (including phenoxy) is 1. The lowest BCUT2D eigenvalue weighted by atomic mass is 9.96. The zero-order valence-corrected chi connectivity index (χ0v) is 18.7. The van der Waals surface area contributed by atoms with E-state index in [0.717, 1.165) is 11.0 Å². The van der Waals surface area contributed by atoms with E-state index in [-0.39, 0.29) is 17.3 Å². The molecule has 5 nitrogen and oxygen atoms in total. The SMILES string of the molecule is CC(C)(C)C(=O)NCc1ccc(C(=O)COC(=O)/C=C/c2cc(Br)ccc2F)s1. The van der Waals surface area contributed by atoms with Gasteiger partial charge in [-0.1, -0.05) is 36.7 Å². The summed E-state index contributed by atoms with van der Waals surface area (Å²) in [6.07, 6.45) is 2.36. The van der Waals surface area contributed by atoms with E-state index in [0.29, 0.717) is 15.9 Å². The summed E-state index contributed by atoms with van der Waals surface area (Å²) >= 11 is 4.46. The van der Waals surface area contributed by atoms with E-state index in [1.807, 2.05) is 20.8 Å². The van der Waals surface area contributed by atoms with Crippen molar-refractivity contribution >= 4 is 51.0 Å². The van der Waals surface area contributed by atoms with Crippen molar-refractivity contribution in [3.05, 3.63) is 62.0 Å². The summed E-state index contributed by atoms with van der Waals surface area (Å²) in [6, 6.07) is 7.73. The van der Waals surface area contributed by atoms with E-state index in [2.05, 4.69) is 21.2 Å². The summed E-state index contributed by atoms with van der Waals surface area (Å²) in [5.74, 6) is -1.65. The summed E-state index contributed by atoms with van der Waals surface area (Å²) in [4.78, 5) is 37.1. The molecule has 0 aliphatic rings. The fraction of sp³-hybridized carbons (Fsp3) is 0.286. The van der Waals surface area contributed by atoms with Gasteiger partial charge in [0.05, 0.1) is 11.4 Å². The Bertz CT molecular complexity index is 946. The van der Waals surface area contributed by atoms with Crippen LogP contribution >= 0.6 is 27.3 Å². The number of carbonyl (C=O) groups excluding carboxylic acids is 3. The first-order chi connectivity index (χ1) is 13.6. The number of thiophene rings is 1. The van der Waals surface area contributed by atoms with Gasteiger partial charge in [-0.2, -0.15) is 0 Å². The average molecular weight is 482 g/mol. The van der Waals surface area contributed by atoms with Gasteiger partial charge in [-0.25, -0.2) is 9.18 Å². The summed E-state index contributed by atoms with van der Waals surface area (Å²) in [7, 11) is 0. The highest BCUT2D eigenvalue weighted by atomic mass is 79.9. The number of rotatable bonds is 7. The summed E-state index contributed by atoms with van der Waals surface area (Å²) in [6.45, 7) is 5.37. The van der Waals surface area contributed by atoms with Gasteiger partial charge in [0.15, 0.2) is 6.61 Å². The molecule has 0 radical (unpaired) electrons. The van der Waals surface area contributed by atoms with Gasteiger partial charge < -0.3 is 10.1 Å². The molecule has 2 aromatic rings. The van der Waals surface area contributed by atoms with Crippen LogP contribution in [0.3, 0.4) is 0 Å². The predicted octanol–water partition coefficient (Wildman–Crippen LogP) is 4.75. The van der Waals surface area contributed by atoms with Crippen LogP contribution < -0.4 is 5.32 Å². The largest absolute Gasteiger partial charge is 0.454 e. The number of hydrogen-bond acceptors (Lipinski definition) is 5. The van der Waals surface area contributed by atoms with E-state index >= 15 is 0 Å². The molecule has 0 bridgehead atoms. The lowest BCUT2D eigenvalue weighted by Crippen LogP contribution is -2.34. The molecular formula is C21H21BrFNO4S. The van der Waals surface area contributed by atoms with Crippen LogP contribution in [0.4, 0.5) is 4.39 Å². The molecule has 0 atom stereocenters. The highest BCUT2D eigenvalue weighted by molar-refractivity contribution is 9.10. The Morgan fingerprint density at radius 3 is 2.62 bits per heavy atom. The summed E-state index contributed by atoms with van der Waals surface area (Å²) in [5.41, 5.74) is -0.265. The minimum Gasteiger partial charge on any atom is -0.454 e. The van der Waals surface area contributed by atoms with Gasteiger partial charge in [0.1, 0.15) is 5.82 Å².